The first-order valence-corrected chi connectivity index (χ1v) is 11.9. The van der Waals surface area contributed by atoms with Crippen molar-refractivity contribution in [3.8, 4) is 0 Å². The molecule has 2 saturated carbocycles. The van der Waals surface area contributed by atoms with Gasteiger partial charge in [-0.2, -0.15) is 0 Å². The van der Waals surface area contributed by atoms with Crippen molar-refractivity contribution >= 4 is 58.1 Å². The first-order valence-electron chi connectivity index (χ1n) is 10.7. The van der Waals surface area contributed by atoms with Crippen LogP contribution in [0.5, 0.6) is 0 Å². The minimum Gasteiger partial charge on any atom is -0.326 e. The minimum atomic E-state index is -0.678. The molecule has 2 aliphatic rings. The summed E-state index contributed by atoms with van der Waals surface area (Å²) in [6, 6.07) is 10.0. The number of hydrogen-bond donors (Lipinski definition) is 1. The van der Waals surface area contributed by atoms with Gasteiger partial charge in [0.25, 0.3) is 0 Å². The van der Waals surface area contributed by atoms with Crippen LogP contribution in [0.2, 0.25) is 15.1 Å². The number of carbonyl (C=O) groups is 2. The second-order valence-corrected chi connectivity index (χ2v) is 10.9. The molecule has 0 heterocycles. The number of halogens is 3. The second kappa shape index (κ2) is 8.30. The van der Waals surface area contributed by atoms with Gasteiger partial charge in [-0.25, -0.2) is 4.79 Å². The molecule has 2 aromatic rings. The zero-order chi connectivity index (χ0) is 24.2. The molecule has 33 heavy (non-hydrogen) atoms. The molecule has 2 bridgehead atoms. The molecular weight excluding hydrogens is 483 g/mol. The number of rotatable bonds is 4. The SMILES string of the molecule is Cc1ccc(NC(=O)C23CCC(C)(/C(=N\OC(=O)c4ccc(Cl)cc4Cl)C2)C3(C)C)cc1Cl. The molecule has 0 radical (unpaired) electrons. The zero-order valence-corrected chi connectivity index (χ0v) is 21.2. The van der Waals surface area contributed by atoms with E-state index in [2.05, 4.69) is 31.2 Å². The second-order valence-electron chi connectivity index (χ2n) is 9.67. The molecule has 8 heteroatoms. The van der Waals surface area contributed by atoms with Gasteiger partial charge < -0.3 is 10.2 Å². The number of benzene rings is 2. The summed E-state index contributed by atoms with van der Waals surface area (Å²) in [6.07, 6.45) is 1.89. The van der Waals surface area contributed by atoms with Crippen molar-refractivity contribution in [3.05, 3.63) is 62.6 Å². The maximum absolute atomic E-state index is 13.6. The van der Waals surface area contributed by atoms with Gasteiger partial charge in [0.05, 0.1) is 21.7 Å². The summed E-state index contributed by atoms with van der Waals surface area (Å²) >= 11 is 18.3. The Morgan fingerprint density at radius 1 is 1.00 bits per heavy atom. The van der Waals surface area contributed by atoms with Crippen LogP contribution >= 0.6 is 34.8 Å². The maximum Gasteiger partial charge on any atom is 0.367 e. The molecule has 2 aromatic carbocycles. The number of aryl methyl sites for hydroxylation is 1. The summed E-state index contributed by atoms with van der Waals surface area (Å²) in [6.45, 7) is 8.17. The third kappa shape index (κ3) is 3.74. The van der Waals surface area contributed by atoms with Crippen LogP contribution in [0.15, 0.2) is 41.6 Å². The molecule has 2 fully saturated rings. The Morgan fingerprint density at radius 2 is 1.73 bits per heavy atom. The lowest BCUT2D eigenvalue weighted by atomic mass is 9.64. The number of fused-ring (bicyclic) bond motifs is 2. The molecule has 4 rings (SSSR count). The third-order valence-corrected chi connectivity index (χ3v) is 8.94. The number of oxime groups is 1. The molecule has 2 atom stereocenters. The van der Waals surface area contributed by atoms with Crippen LogP contribution in [-0.4, -0.2) is 17.6 Å². The quantitative estimate of drug-likeness (QED) is 0.348. The van der Waals surface area contributed by atoms with E-state index in [9.17, 15) is 9.59 Å². The smallest absolute Gasteiger partial charge is 0.326 e. The molecule has 1 N–H and O–H groups in total. The summed E-state index contributed by atoms with van der Waals surface area (Å²) in [5.74, 6) is -0.741. The van der Waals surface area contributed by atoms with Crippen LogP contribution < -0.4 is 5.32 Å². The fourth-order valence-electron chi connectivity index (χ4n) is 5.24. The molecule has 2 unspecified atom stereocenters. The molecule has 0 aromatic heterocycles. The van der Waals surface area contributed by atoms with Crippen LogP contribution in [0.4, 0.5) is 5.69 Å². The lowest BCUT2D eigenvalue weighted by Gasteiger charge is -2.39. The fourth-order valence-corrected chi connectivity index (χ4v) is 5.91. The molecule has 0 saturated heterocycles. The molecule has 0 aliphatic heterocycles. The molecule has 5 nitrogen and oxygen atoms in total. The van der Waals surface area contributed by atoms with Crippen molar-refractivity contribution in [1.29, 1.82) is 0 Å². The van der Waals surface area contributed by atoms with Gasteiger partial charge in [0.1, 0.15) is 0 Å². The number of anilines is 1. The Morgan fingerprint density at radius 3 is 2.39 bits per heavy atom. The van der Waals surface area contributed by atoms with Gasteiger partial charge in [-0.15, -0.1) is 0 Å². The lowest BCUT2D eigenvalue weighted by molar-refractivity contribution is -0.130. The van der Waals surface area contributed by atoms with Gasteiger partial charge >= 0.3 is 5.97 Å². The van der Waals surface area contributed by atoms with E-state index >= 15 is 0 Å². The highest BCUT2D eigenvalue weighted by atomic mass is 35.5. The maximum atomic E-state index is 13.6. The fraction of sp³-hybridized carbons (Fsp3) is 0.400. The lowest BCUT2D eigenvalue weighted by Crippen LogP contribution is -2.43. The van der Waals surface area contributed by atoms with Crippen LogP contribution in [0, 0.1) is 23.2 Å². The van der Waals surface area contributed by atoms with Crippen LogP contribution in [0.25, 0.3) is 0 Å². The largest absolute Gasteiger partial charge is 0.367 e. The first kappa shape index (κ1) is 24.1. The van der Waals surface area contributed by atoms with Gasteiger partial charge in [-0.3, -0.25) is 4.79 Å². The number of amides is 1. The van der Waals surface area contributed by atoms with E-state index in [4.69, 9.17) is 39.6 Å². The monoisotopic (exact) mass is 506 g/mol. The molecule has 0 spiro atoms. The average Bonchev–Trinajstić information content (AvgIpc) is 3.05. The normalized spacial score (nSPS) is 26.5. The average molecular weight is 508 g/mol. The summed E-state index contributed by atoms with van der Waals surface area (Å²) in [5, 5.41) is 8.52. The summed E-state index contributed by atoms with van der Waals surface area (Å²) in [7, 11) is 0. The topological polar surface area (TPSA) is 67.8 Å². The van der Waals surface area contributed by atoms with E-state index in [1.54, 1.807) is 12.1 Å². The highest BCUT2D eigenvalue weighted by Gasteiger charge is 2.71. The van der Waals surface area contributed by atoms with Crippen molar-refractivity contribution in [2.75, 3.05) is 5.32 Å². The van der Waals surface area contributed by atoms with Crippen molar-refractivity contribution in [2.24, 2.45) is 21.4 Å². The molecule has 2 aliphatic carbocycles. The Hall–Kier alpha value is -2.08. The van der Waals surface area contributed by atoms with Crippen molar-refractivity contribution < 1.29 is 14.4 Å². The van der Waals surface area contributed by atoms with Crippen molar-refractivity contribution in [1.82, 2.24) is 0 Å². The van der Waals surface area contributed by atoms with Gasteiger partial charge in [-0.05, 0) is 61.1 Å². The van der Waals surface area contributed by atoms with Crippen LogP contribution in [0.1, 0.15) is 56.0 Å². The van der Waals surface area contributed by atoms with Crippen LogP contribution in [0.3, 0.4) is 0 Å². The van der Waals surface area contributed by atoms with E-state index in [1.807, 2.05) is 19.1 Å². The summed E-state index contributed by atoms with van der Waals surface area (Å²) in [4.78, 5) is 31.4. The van der Waals surface area contributed by atoms with E-state index in [-0.39, 0.29) is 21.9 Å². The first-order chi connectivity index (χ1) is 15.4. The highest BCUT2D eigenvalue weighted by Crippen LogP contribution is 2.71. The molecule has 1 amide bonds. The number of nitrogens with one attached hydrogen (secondary N) is 1. The van der Waals surface area contributed by atoms with Gasteiger partial charge in [0.15, 0.2) is 0 Å². The Balaban J connectivity index is 1.59. The van der Waals surface area contributed by atoms with E-state index in [0.717, 1.165) is 18.4 Å². The summed E-state index contributed by atoms with van der Waals surface area (Å²) < 4.78 is 0. The standard InChI is InChI=1S/C25H25Cl3N2O3/c1-14-5-7-16(12-18(14)27)29-22(32)25-10-9-24(4,23(25,2)3)20(13-25)30-33-21(31)17-8-6-15(26)11-19(17)28/h5-8,11-12H,9-10,13H2,1-4H3,(H,29,32)/b30-20-. The van der Waals surface area contributed by atoms with Gasteiger partial charge in [0.2, 0.25) is 5.91 Å². The molecular formula is C25H25Cl3N2O3. The molecule has 174 valence electrons. The van der Waals surface area contributed by atoms with Gasteiger partial charge in [0, 0.05) is 27.6 Å². The summed E-state index contributed by atoms with van der Waals surface area (Å²) in [5.41, 5.74) is 1.02. The Bertz CT molecular complexity index is 1190. The van der Waals surface area contributed by atoms with Crippen LogP contribution in [-0.2, 0) is 9.63 Å². The Kier molecular flexibility index (Phi) is 6.05. The van der Waals surface area contributed by atoms with E-state index in [0.29, 0.717) is 27.9 Å². The number of carbonyl (C=O) groups excluding carboxylic acids is 2. The van der Waals surface area contributed by atoms with E-state index in [1.165, 1.54) is 12.1 Å². The number of nitrogens with zero attached hydrogens (tertiary/aromatic N) is 1. The van der Waals surface area contributed by atoms with Gasteiger partial charge in [-0.1, -0.05) is 66.8 Å². The van der Waals surface area contributed by atoms with Crippen molar-refractivity contribution in [2.45, 2.75) is 47.0 Å². The minimum absolute atomic E-state index is 0.0755. The zero-order valence-electron chi connectivity index (χ0n) is 18.9. The predicted molar refractivity (Wildman–Crippen MR) is 132 cm³/mol. The van der Waals surface area contributed by atoms with Crippen molar-refractivity contribution in [3.63, 3.8) is 0 Å². The number of hydrogen-bond acceptors (Lipinski definition) is 4. The third-order valence-electron chi connectivity index (χ3n) is 7.99. The Labute approximate surface area is 208 Å². The highest BCUT2D eigenvalue weighted by molar-refractivity contribution is 6.36. The van der Waals surface area contributed by atoms with E-state index < -0.39 is 16.8 Å². The predicted octanol–water partition coefficient (Wildman–Crippen LogP) is 7.32.